The van der Waals surface area contributed by atoms with E-state index < -0.39 is 23.7 Å². The Morgan fingerprint density at radius 2 is 1.89 bits per heavy atom. The van der Waals surface area contributed by atoms with Crippen molar-refractivity contribution in [1.29, 1.82) is 0 Å². The number of aryl methyl sites for hydroxylation is 1. The molecule has 0 aromatic carbocycles. The van der Waals surface area contributed by atoms with Crippen LogP contribution in [-0.2, 0) is 14.3 Å². The molecule has 142 valence electrons. The SMILES string of the molecule is Cc1ccc(C(NC2C(=O)C(=O)C2Nc2ccc[nH]c2=O)C2(C)COC2)o1. The Balaban J connectivity index is 1.58. The highest BCUT2D eigenvalue weighted by Crippen LogP contribution is 2.41. The van der Waals surface area contributed by atoms with E-state index in [-0.39, 0.29) is 22.7 Å². The molecular formula is C19H21N3O5. The average Bonchev–Trinajstić information content (AvgIpc) is 3.06. The molecule has 1 saturated heterocycles. The lowest BCUT2D eigenvalue weighted by Gasteiger charge is -2.47. The number of Topliss-reactive ketones (excluding diaryl/α,β-unsaturated/α-hetero) is 2. The van der Waals surface area contributed by atoms with Gasteiger partial charge in [0.05, 0.1) is 19.3 Å². The van der Waals surface area contributed by atoms with Crippen LogP contribution in [-0.4, -0.2) is 41.8 Å². The summed E-state index contributed by atoms with van der Waals surface area (Å²) < 4.78 is 11.2. The van der Waals surface area contributed by atoms with Gasteiger partial charge in [0.1, 0.15) is 29.3 Å². The van der Waals surface area contributed by atoms with Gasteiger partial charge in [-0.2, -0.15) is 0 Å². The lowest BCUT2D eigenvalue weighted by atomic mass is 9.76. The highest BCUT2D eigenvalue weighted by Gasteiger charge is 2.53. The summed E-state index contributed by atoms with van der Waals surface area (Å²) in [6.45, 7) is 4.94. The van der Waals surface area contributed by atoms with E-state index >= 15 is 0 Å². The van der Waals surface area contributed by atoms with E-state index in [9.17, 15) is 14.4 Å². The molecule has 1 saturated carbocycles. The second-order valence-corrected chi connectivity index (χ2v) is 7.44. The summed E-state index contributed by atoms with van der Waals surface area (Å²) in [5.41, 5.74) is -0.350. The number of anilines is 1. The molecular weight excluding hydrogens is 350 g/mol. The number of ketones is 2. The van der Waals surface area contributed by atoms with Crippen molar-refractivity contribution in [2.45, 2.75) is 32.0 Å². The standard InChI is InChI=1S/C19H21N3O5/c1-10-5-6-12(27-10)17(19(2)8-26-9-19)22-14-13(15(23)16(14)24)21-11-4-3-7-20-18(11)25/h3-7,13-14,17,21-22H,8-9H2,1-2H3,(H,20,25). The van der Waals surface area contributed by atoms with E-state index in [1.165, 1.54) is 6.20 Å². The first-order valence-corrected chi connectivity index (χ1v) is 8.81. The Bertz CT molecular complexity index is 943. The number of nitrogens with one attached hydrogen (secondary N) is 3. The first-order chi connectivity index (χ1) is 12.9. The number of aromatic amines is 1. The first-order valence-electron chi connectivity index (χ1n) is 8.81. The Labute approximate surface area is 155 Å². The fraction of sp³-hybridized carbons (Fsp3) is 0.421. The molecule has 2 aliphatic rings. The van der Waals surface area contributed by atoms with E-state index in [4.69, 9.17) is 9.15 Å². The van der Waals surface area contributed by atoms with Gasteiger partial charge in [-0.1, -0.05) is 6.92 Å². The molecule has 2 aromatic heterocycles. The summed E-state index contributed by atoms with van der Waals surface area (Å²) in [4.78, 5) is 38.8. The Hall–Kier alpha value is -2.71. The molecule has 0 spiro atoms. The summed E-state index contributed by atoms with van der Waals surface area (Å²) in [7, 11) is 0. The summed E-state index contributed by atoms with van der Waals surface area (Å²) in [6, 6.07) is 5.11. The minimum absolute atomic E-state index is 0.249. The van der Waals surface area contributed by atoms with Crippen molar-refractivity contribution in [1.82, 2.24) is 10.3 Å². The number of hydrogen-bond donors (Lipinski definition) is 3. The minimum atomic E-state index is -0.802. The van der Waals surface area contributed by atoms with Crippen molar-refractivity contribution in [3.05, 3.63) is 52.3 Å². The Morgan fingerprint density at radius 1 is 1.15 bits per heavy atom. The summed E-state index contributed by atoms with van der Waals surface area (Å²) in [6.07, 6.45) is 1.50. The molecule has 2 fully saturated rings. The van der Waals surface area contributed by atoms with Gasteiger partial charge in [-0.3, -0.25) is 19.7 Å². The molecule has 3 atom stereocenters. The zero-order valence-electron chi connectivity index (χ0n) is 15.1. The third-order valence-corrected chi connectivity index (χ3v) is 5.22. The van der Waals surface area contributed by atoms with Crippen LogP contribution in [0.1, 0.15) is 24.5 Å². The largest absolute Gasteiger partial charge is 0.465 e. The summed E-state index contributed by atoms with van der Waals surface area (Å²) in [5.74, 6) is 0.418. The van der Waals surface area contributed by atoms with Crippen molar-refractivity contribution < 1.29 is 18.7 Å². The number of furan rings is 1. The van der Waals surface area contributed by atoms with Gasteiger partial charge in [-0.25, -0.2) is 0 Å². The van der Waals surface area contributed by atoms with Crippen LogP contribution in [0.3, 0.4) is 0 Å². The Kier molecular flexibility index (Phi) is 4.24. The van der Waals surface area contributed by atoms with Gasteiger partial charge in [-0.05, 0) is 31.2 Å². The highest BCUT2D eigenvalue weighted by atomic mass is 16.5. The third-order valence-electron chi connectivity index (χ3n) is 5.22. The van der Waals surface area contributed by atoms with Crippen LogP contribution in [0.4, 0.5) is 5.69 Å². The van der Waals surface area contributed by atoms with E-state index in [0.29, 0.717) is 19.0 Å². The van der Waals surface area contributed by atoms with Crippen molar-refractivity contribution in [2.75, 3.05) is 18.5 Å². The second-order valence-electron chi connectivity index (χ2n) is 7.44. The quantitative estimate of drug-likeness (QED) is 0.648. The number of carbonyl (C=O) groups excluding carboxylic acids is 2. The van der Waals surface area contributed by atoms with E-state index in [1.807, 2.05) is 26.0 Å². The zero-order chi connectivity index (χ0) is 19.2. The summed E-state index contributed by atoms with van der Waals surface area (Å²) >= 11 is 0. The maximum atomic E-state index is 12.3. The molecule has 0 radical (unpaired) electrons. The molecule has 8 nitrogen and oxygen atoms in total. The minimum Gasteiger partial charge on any atom is -0.465 e. The molecule has 3 heterocycles. The van der Waals surface area contributed by atoms with Crippen LogP contribution in [0.25, 0.3) is 0 Å². The van der Waals surface area contributed by atoms with Gasteiger partial charge in [-0.15, -0.1) is 0 Å². The van der Waals surface area contributed by atoms with Gasteiger partial charge < -0.3 is 19.5 Å². The molecule has 0 bridgehead atoms. The molecule has 2 aromatic rings. The number of carbonyl (C=O) groups is 2. The van der Waals surface area contributed by atoms with Crippen LogP contribution < -0.4 is 16.2 Å². The van der Waals surface area contributed by atoms with Crippen LogP contribution in [0.2, 0.25) is 0 Å². The highest BCUT2D eigenvalue weighted by molar-refractivity contribution is 6.49. The van der Waals surface area contributed by atoms with Crippen LogP contribution in [0.15, 0.2) is 39.7 Å². The number of pyridine rings is 1. The fourth-order valence-corrected chi connectivity index (χ4v) is 3.54. The maximum absolute atomic E-state index is 12.3. The molecule has 3 N–H and O–H groups in total. The third kappa shape index (κ3) is 3.00. The number of aromatic nitrogens is 1. The zero-order valence-corrected chi connectivity index (χ0v) is 15.1. The second kappa shape index (κ2) is 6.47. The Morgan fingerprint density at radius 3 is 2.48 bits per heavy atom. The normalized spacial score (nSPS) is 24.8. The maximum Gasteiger partial charge on any atom is 0.271 e. The molecule has 1 aliphatic carbocycles. The van der Waals surface area contributed by atoms with Gasteiger partial charge in [0.25, 0.3) is 5.56 Å². The van der Waals surface area contributed by atoms with Crippen molar-refractivity contribution in [3.8, 4) is 0 Å². The average molecular weight is 371 g/mol. The van der Waals surface area contributed by atoms with Crippen molar-refractivity contribution in [3.63, 3.8) is 0 Å². The smallest absolute Gasteiger partial charge is 0.271 e. The van der Waals surface area contributed by atoms with E-state index in [2.05, 4.69) is 15.6 Å². The topological polar surface area (TPSA) is 113 Å². The molecule has 3 unspecified atom stereocenters. The molecule has 0 amide bonds. The van der Waals surface area contributed by atoms with Crippen LogP contribution in [0.5, 0.6) is 0 Å². The van der Waals surface area contributed by atoms with Crippen molar-refractivity contribution >= 4 is 17.3 Å². The molecule has 8 heteroatoms. The first kappa shape index (κ1) is 17.7. The number of hydrogen-bond acceptors (Lipinski definition) is 7. The molecule has 1 aliphatic heterocycles. The summed E-state index contributed by atoms with van der Waals surface area (Å²) in [5, 5.41) is 6.16. The fourth-order valence-electron chi connectivity index (χ4n) is 3.54. The number of rotatable bonds is 6. The molecule has 27 heavy (non-hydrogen) atoms. The van der Waals surface area contributed by atoms with Crippen LogP contribution in [0, 0.1) is 12.3 Å². The number of ether oxygens (including phenoxy) is 1. The monoisotopic (exact) mass is 371 g/mol. The van der Waals surface area contributed by atoms with Gasteiger partial charge in [0.15, 0.2) is 0 Å². The van der Waals surface area contributed by atoms with Gasteiger partial charge in [0.2, 0.25) is 11.6 Å². The lowest BCUT2D eigenvalue weighted by molar-refractivity contribution is -0.150. The van der Waals surface area contributed by atoms with Gasteiger partial charge >= 0.3 is 0 Å². The van der Waals surface area contributed by atoms with Crippen LogP contribution >= 0.6 is 0 Å². The van der Waals surface area contributed by atoms with E-state index in [0.717, 1.165) is 5.76 Å². The molecule has 4 rings (SSSR count). The lowest BCUT2D eigenvalue weighted by Crippen LogP contribution is -2.69. The number of H-pyrrole nitrogens is 1. The predicted molar refractivity (Wildman–Crippen MR) is 96.5 cm³/mol. The van der Waals surface area contributed by atoms with E-state index in [1.54, 1.807) is 12.1 Å². The predicted octanol–water partition coefficient (Wildman–Crippen LogP) is 0.945. The van der Waals surface area contributed by atoms with Crippen molar-refractivity contribution in [2.24, 2.45) is 5.41 Å². The van der Waals surface area contributed by atoms with Gasteiger partial charge in [0, 0.05) is 11.6 Å².